The number of hydrogen-bond donors (Lipinski definition) is 2. The molecule has 0 bridgehead atoms. The van der Waals surface area contributed by atoms with Crippen LogP contribution in [0.1, 0.15) is 27.3 Å². The number of likely N-dealkylation sites (N-methyl/N-ethyl adjacent to an activating group) is 1. The number of benzene rings is 2. The van der Waals surface area contributed by atoms with Gasteiger partial charge in [-0.15, -0.1) is 0 Å². The molecule has 4 heterocycles. The van der Waals surface area contributed by atoms with E-state index in [0.29, 0.717) is 24.2 Å². The molecule has 3 amide bonds. The van der Waals surface area contributed by atoms with Gasteiger partial charge in [0, 0.05) is 20.1 Å². The van der Waals surface area contributed by atoms with Crippen molar-refractivity contribution in [3.05, 3.63) is 92.2 Å². The molecule has 4 aromatic rings. The minimum atomic E-state index is -0.624. The molecule has 2 aliphatic heterocycles. The topological polar surface area (TPSA) is 123 Å². The highest BCUT2D eigenvalue weighted by atomic mass is 35.5. The number of ether oxygens (including phenoxy) is 1. The van der Waals surface area contributed by atoms with Crippen LogP contribution in [0.25, 0.3) is 10.9 Å². The van der Waals surface area contributed by atoms with Gasteiger partial charge in [-0.25, -0.2) is 19.3 Å². The molecule has 40 heavy (non-hydrogen) atoms. The first kappa shape index (κ1) is 25.7. The van der Waals surface area contributed by atoms with Crippen LogP contribution in [0.2, 0.25) is 5.02 Å². The van der Waals surface area contributed by atoms with Crippen LogP contribution in [-0.4, -0.2) is 57.0 Å². The summed E-state index contributed by atoms with van der Waals surface area (Å²) < 4.78 is 23.0. The Kier molecular flexibility index (Phi) is 6.56. The third-order valence-corrected chi connectivity index (χ3v) is 7.11. The molecule has 0 radical (unpaired) electrons. The van der Waals surface area contributed by atoms with Crippen molar-refractivity contribution in [2.75, 3.05) is 20.1 Å². The number of carbonyl (C=O) groups excluding carboxylic acids is 2. The Labute approximate surface area is 231 Å². The molecule has 6 rings (SSSR count). The van der Waals surface area contributed by atoms with Crippen molar-refractivity contribution in [1.82, 2.24) is 30.1 Å². The lowest BCUT2D eigenvalue weighted by Gasteiger charge is -2.26. The Balaban J connectivity index is 1.61. The Hall–Kier alpha value is -4.55. The number of nitrogens with one attached hydrogen (secondary N) is 2. The van der Waals surface area contributed by atoms with Gasteiger partial charge in [0.2, 0.25) is 0 Å². The number of hydrazine groups is 1. The van der Waals surface area contributed by atoms with Crippen LogP contribution < -0.4 is 21.1 Å². The van der Waals surface area contributed by atoms with Gasteiger partial charge in [-0.1, -0.05) is 48.0 Å². The van der Waals surface area contributed by atoms with Crippen molar-refractivity contribution in [2.45, 2.75) is 19.7 Å². The fraction of sp³-hybridized carbons (Fsp3) is 0.222. The van der Waals surface area contributed by atoms with Gasteiger partial charge in [-0.05, 0) is 23.3 Å². The molecule has 0 saturated carbocycles. The number of hydrogen-bond acceptors (Lipinski definition) is 6. The molecule has 0 unspecified atom stereocenters. The predicted molar refractivity (Wildman–Crippen MR) is 145 cm³/mol. The number of halogens is 2. The average Bonchev–Trinajstić information content (AvgIpc) is 3.29. The molecule has 0 spiro atoms. The maximum Gasteiger partial charge on any atom is 0.355 e. The van der Waals surface area contributed by atoms with Crippen LogP contribution in [-0.2, 0) is 19.7 Å². The second-order valence-corrected chi connectivity index (χ2v) is 9.86. The predicted octanol–water partition coefficient (Wildman–Crippen LogP) is 2.72. The first-order valence-electron chi connectivity index (χ1n) is 12.5. The molecule has 204 valence electrons. The second kappa shape index (κ2) is 10.2. The fourth-order valence-corrected chi connectivity index (χ4v) is 5.07. The van der Waals surface area contributed by atoms with Gasteiger partial charge >= 0.3 is 6.03 Å². The summed E-state index contributed by atoms with van der Waals surface area (Å²) in [6.07, 6.45) is 0. The van der Waals surface area contributed by atoms with E-state index < -0.39 is 17.4 Å². The molecule has 0 fully saturated rings. The van der Waals surface area contributed by atoms with Gasteiger partial charge in [0.1, 0.15) is 23.5 Å². The smallest absolute Gasteiger partial charge is 0.355 e. The minimum Gasteiger partial charge on any atom is -0.486 e. The van der Waals surface area contributed by atoms with Gasteiger partial charge in [0.15, 0.2) is 11.4 Å². The van der Waals surface area contributed by atoms with E-state index in [1.165, 1.54) is 22.9 Å². The number of aromatic nitrogens is 3. The summed E-state index contributed by atoms with van der Waals surface area (Å²) in [6.45, 7) is 0.959. The number of aliphatic imine (C=N–C) groups is 1. The summed E-state index contributed by atoms with van der Waals surface area (Å²) in [5.74, 6) is -0.771. The number of nitrogens with zero attached hydrogens (tertiary/aromatic N) is 5. The zero-order valence-corrected chi connectivity index (χ0v) is 22.0. The van der Waals surface area contributed by atoms with Gasteiger partial charge < -0.3 is 14.2 Å². The molecule has 2 aromatic carbocycles. The van der Waals surface area contributed by atoms with E-state index in [1.807, 2.05) is 30.3 Å². The standard InChI is InChI=1S/C27H23ClFN7O4/c1-34-9-10-35-22-20(24(23(35)26(34)38)40-14-15-5-3-2-4-6-15)25(37)36(13-16-7-8-18(29)17(28)11-16)33-21(22)19-12-30-32-27(39)31-19/h2-8,11,30H,9-10,12-14H2,1H3,(H,32,39). The number of urea groups is 1. The molecule has 2 aliphatic rings. The maximum atomic E-state index is 14.1. The quantitative estimate of drug-likeness (QED) is 0.372. The van der Waals surface area contributed by atoms with E-state index in [2.05, 4.69) is 20.9 Å². The summed E-state index contributed by atoms with van der Waals surface area (Å²) in [7, 11) is 1.68. The van der Waals surface area contributed by atoms with Crippen molar-refractivity contribution in [3.63, 3.8) is 0 Å². The third-order valence-electron chi connectivity index (χ3n) is 6.82. The van der Waals surface area contributed by atoms with E-state index >= 15 is 0 Å². The number of fused-ring (bicyclic) bond motifs is 3. The summed E-state index contributed by atoms with van der Waals surface area (Å²) in [5, 5.41) is 4.65. The van der Waals surface area contributed by atoms with Crippen molar-refractivity contribution in [3.8, 4) is 5.75 Å². The number of amides is 3. The summed E-state index contributed by atoms with van der Waals surface area (Å²) in [6, 6.07) is 12.9. The zero-order chi connectivity index (χ0) is 28.0. The fourth-order valence-electron chi connectivity index (χ4n) is 4.86. The Bertz CT molecular complexity index is 1770. The van der Waals surface area contributed by atoms with E-state index in [4.69, 9.17) is 16.3 Å². The van der Waals surface area contributed by atoms with Crippen molar-refractivity contribution >= 4 is 40.2 Å². The van der Waals surface area contributed by atoms with E-state index in [-0.39, 0.29) is 58.9 Å². The van der Waals surface area contributed by atoms with E-state index in [1.54, 1.807) is 16.5 Å². The van der Waals surface area contributed by atoms with E-state index in [9.17, 15) is 18.8 Å². The molecule has 2 aromatic heterocycles. The summed E-state index contributed by atoms with van der Waals surface area (Å²) >= 11 is 5.99. The Morgan fingerprint density at radius 1 is 1.07 bits per heavy atom. The monoisotopic (exact) mass is 563 g/mol. The lowest BCUT2D eigenvalue weighted by Crippen LogP contribution is -2.45. The molecule has 0 saturated heterocycles. The highest BCUT2D eigenvalue weighted by molar-refractivity contribution is 6.30. The number of carbonyl (C=O) groups is 2. The average molecular weight is 564 g/mol. The van der Waals surface area contributed by atoms with Gasteiger partial charge in [0.25, 0.3) is 11.5 Å². The molecule has 13 heteroatoms. The zero-order valence-electron chi connectivity index (χ0n) is 21.3. The summed E-state index contributed by atoms with van der Waals surface area (Å²) in [4.78, 5) is 45.3. The van der Waals surface area contributed by atoms with Crippen LogP contribution in [0, 0.1) is 5.82 Å². The largest absolute Gasteiger partial charge is 0.486 e. The maximum absolute atomic E-state index is 14.1. The van der Waals surface area contributed by atoms with Crippen LogP contribution in [0.4, 0.5) is 9.18 Å². The lowest BCUT2D eigenvalue weighted by atomic mass is 10.1. The van der Waals surface area contributed by atoms with Gasteiger partial charge in [-0.2, -0.15) is 10.1 Å². The van der Waals surface area contributed by atoms with Crippen LogP contribution in [0.15, 0.2) is 58.3 Å². The summed E-state index contributed by atoms with van der Waals surface area (Å²) in [5.41, 5.74) is 7.13. The first-order valence-corrected chi connectivity index (χ1v) is 12.8. The third kappa shape index (κ3) is 4.50. The molecule has 0 aliphatic carbocycles. The highest BCUT2D eigenvalue weighted by Gasteiger charge is 2.35. The first-order chi connectivity index (χ1) is 19.3. The minimum absolute atomic E-state index is 0.0544. The molecule has 11 nitrogen and oxygen atoms in total. The SMILES string of the molecule is CN1CCn2c(c(OCc3ccccc3)c3c(=O)n(Cc4ccc(F)c(Cl)c4)nc(C4=NC(=O)NNC4)c32)C1=O. The normalized spacial score (nSPS) is 15.2. The van der Waals surface area contributed by atoms with Crippen LogP contribution in [0.5, 0.6) is 5.75 Å². The van der Waals surface area contributed by atoms with E-state index in [0.717, 1.165) is 5.56 Å². The van der Waals surface area contributed by atoms with Gasteiger partial charge in [0.05, 0.1) is 29.3 Å². The molecule has 0 atom stereocenters. The Morgan fingerprint density at radius 2 is 1.88 bits per heavy atom. The lowest BCUT2D eigenvalue weighted by molar-refractivity contribution is 0.0744. The van der Waals surface area contributed by atoms with Crippen molar-refractivity contribution in [2.24, 2.45) is 4.99 Å². The van der Waals surface area contributed by atoms with Crippen LogP contribution in [0.3, 0.4) is 0 Å². The molecular formula is C27H23ClFN7O4. The second-order valence-electron chi connectivity index (χ2n) is 9.46. The Morgan fingerprint density at radius 3 is 2.62 bits per heavy atom. The number of rotatable bonds is 6. The van der Waals surface area contributed by atoms with Gasteiger partial charge in [-0.3, -0.25) is 15.0 Å². The highest BCUT2D eigenvalue weighted by Crippen LogP contribution is 2.36. The van der Waals surface area contributed by atoms with Crippen molar-refractivity contribution < 1.29 is 18.7 Å². The molecular weight excluding hydrogens is 541 g/mol. The molecule has 2 N–H and O–H groups in total. The van der Waals surface area contributed by atoms with Crippen LogP contribution >= 0.6 is 11.6 Å². The van der Waals surface area contributed by atoms with Crippen molar-refractivity contribution in [1.29, 1.82) is 0 Å².